The Morgan fingerprint density at radius 3 is 1.24 bits per heavy atom. The summed E-state index contributed by atoms with van der Waals surface area (Å²) in [6.07, 6.45) is 0. The van der Waals surface area contributed by atoms with E-state index in [0.29, 0.717) is 84.0 Å². The Balaban J connectivity index is 2.03. The Morgan fingerprint density at radius 1 is 0.271 bits per heavy atom. The molecule has 8 aromatic rings. The molecule has 0 aromatic heterocycles. The van der Waals surface area contributed by atoms with E-state index in [1.807, 2.05) is 6.07 Å². The van der Waals surface area contributed by atoms with Crippen LogP contribution in [0.25, 0.3) is 55.6 Å². The molecule has 0 saturated carbocycles. The summed E-state index contributed by atoms with van der Waals surface area (Å²) in [4.78, 5) is 0. The first-order chi connectivity index (χ1) is 41.0. The molecule has 21 heteroatoms. The average Bonchev–Trinajstić information content (AvgIpc) is 0.765. The molecule has 0 N–H and O–H groups in total. The molecule has 0 bridgehead atoms. The number of methoxy groups -OCH3 is 15. The van der Waals surface area contributed by atoms with Crippen LogP contribution in [0.2, 0.25) is 30.1 Å². The van der Waals surface area contributed by atoms with Crippen molar-refractivity contribution < 1.29 is 71.1 Å². The van der Waals surface area contributed by atoms with Gasteiger partial charge in [0.05, 0.1) is 128 Å². The van der Waals surface area contributed by atoms with Crippen LogP contribution in [0, 0.1) is 0 Å². The summed E-state index contributed by atoms with van der Waals surface area (Å²) in [5.74, 6) is 2.58. The van der Waals surface area contributed by atoms with Gasteiger partial charge in [-0.2, -0.15) is 0 Å². The van der Waals surface area contributed by atoms with Crippen LogP contribution in [0.4, 0.5) is 0 Å². The first-order valence-corrected chi connectivity index (χ1v) is 27.8. The molecule has 0 radical (unpaired) electrons. The van der Waals surface area contributed by atoms with Gasteiger partial charge in [-0.3, -0.25) is 0 Å². The number of ether oxygens (including phenoxy) is 15. The largest absolute Gasteiger partial charge is 0.496 e. The van der Waals surface area contributed by atoms with Crippen LogP contribution in [0.15, 0.2) is 84.9 Å². The number of hydrogen-bond acceptors (Lipinski definition) is 15. The van der Waals surface area contributed by atoms with Crippen molar-refractivity contribution in [2.75, 3.05) is 107 Å². The van der Waals surface area contributed by atoms with E-state index in [-0.39, 0.29) is 105 Å². The lowest BCUT2D eigenvalue weighted by Gasteiger charge is -2.35. The highest BCUT2D eigenvalue weighted by atomic mass is 35.5. The monoisotopic (exact) mass is 1280 g/mol. The standard InChI is InChI=1S/C64H60Cl6O15/c1-71-33-26-46(78-8)55(47(27-33)79-9)58-50(30-20-48(80-10)62(83-13)49(21-30)81-11)57(53(36-22-31(65)25-39(69)60(36)70)54-37(67)23-32(66)24-38(54)68)51(34-16-17-42(74-4)64(85-15)61(34)82-12)59(56-40(72-2)18-19-41(73-3)63(56)84-14)52(58)35-28-44(76-6)45(77-7)29-43(35)75-5/h16-29,53H,1-15H3. The molecule has 0 amide bonds. The number of benzene rings is 8. The van der Waals surface area contributed by atoms with Gasteiger partial charge in [0.2, 0.25) is 11.5 Å². The van der Waals surface area contributed by atoms with Gasteiger partial charge >= 0.3 is 0 Å². The van der Waals surface area contributed by atoms with Crippen molar-refractivity contribution in [1.29, 1.82) is 0 Å². The molecular weight excluding hydrogens is 1220 g/mol. The summed E-state index contributed by atoms with van der Waals surface area (Å²) in [5.41, 5.74) is 4.35. The van der Waals surface area contributed by atoms with E-state index in [4.69, 9.17) is 141 Å². The lowest BCUT2D eigenvalue weighted by atomic mass is 9.69. The molecule has 15 nitrogen and oxygen atoms in total. The van der Waals surface area contributed by atoms with E-state index in [1.54, 1.807) is 72.8 Å². The number of rotatable bonds is 23. The third kappa shape index (κ3) is 11.5. The summed E-state index contributed by atoms with van der Waals surface area (Å²) >= 11 is 44.4. The average molecular weight is 1280 g/mol. The summed E-state index contributed by atoms with van der Waals surface area (Å²) in [6, 6.07) is 23.9. The summed E-state index contributed by atoms with van der Waals surface area (Å²) in [6.45, 7) is 0. The van der Waals surface area contributed by atoms with E-state index in [0.717, 1.165) is 0 Å². The smallest absolute Gasteiger partial charge is 0.203 e. The van der Waals surface area contributed by atoms with E-state index in [2.05, 4.69) is 0 Å². The molecule has 0 aliphatic heterocycles. The fraction of sp³-hybridized carbons (Fsp3) is 0.250. The van der Waals surface area contributed by atoms with Crippen LogP contribution in [-0.4, -0.2) is 107 Å². The van der Waals surface area contributed by atoms with E-state index in [1.165, 1.54) is 113 Å². The molecule has 0 fully saturated rings. The topological polar surface area (TPSA) is 138 Å². The van der Waals surface area contributed by atoms with Crippen LogP contribution in [0.1, 0.15) is 22.6 Å². The first kappa shape index (κ1) is 63.5. The Labute approximate surface area is 523 Å². The van der Waals surface area contributed by atoms with Gasteiger partial charge in [-0.25, -0.2) is 0 Å². The zero-order chi connectivity index (χ0) is 61.7. The fourth-order valence-corrected chi connectivity index (χ4v) is 12.6. The normalized spacial score (nSPS) is 11.3. The van der Waals surface area contributed by atoms with Gasteiger partial charge in [-0.15, -0.1) is 0 Å². The molecular formula is C64H60Cl6O15. The molecule has 0 saturated heterocycles. The molecule has 1 unspecified atom stereocenters. The minimum Gasteiger partial charge on any atom is -0.496 e. The zero-order valence-corrected chi connectivity index (χ0v) is 53.6. The summed E-state index contributed by atoms with van der Waals surface area (Å²) in [7, 11) is 22.7. The first-order valence-electron chi connectivity index (χ1n) is 25.5. The second-order valence-corrected chi connectivity index (χ2v) is 20.8. The van der Waals surface area contributed by atoms with Crippen molar-refractivity contribution in [3.8, 4) is 142 Å². The lowest BCUT2D eigenvalue weighted by Crippen LogP contribution is -2.14. The fourth-order valence-electron chi connectivity index (χ4n) is 10.8. The molecule has 1 atom stereocenters. The van der Waals surface area contributed by atoms with Crippen molar-refractivity contribution >= 4 is 69.6 Å². The lowest BCUT2D eigenvalue weighted by molar-refractivity contribution is 0.324. The van der Waals surface area contributed by atoms with Crippen LogP contribution in [0.3, 0.4) is 0 Å². The minimum atomic E-state index is -1.31. The molecule has 8 aromatic carbocycles. The van der Waals surface area contributed by atoms with Gasteiger partial charge in [-0.05, 0) is 94.5 Å². The van der Waals surface area contributed by atoms with Crippen LogP contribution in [-0.2, 0) is 0 Å². The Hall–Kier alpha value is -7.50. The third-order valence-electron chi connectivity index (χ3n) is 14.3. The number of hydrogen-bond donors (Lipinski definition) is 0. The molecule has 0 aliphatic rings. The summed E-state index contributed by atoms with van der Waals surface area (Å²) < 4.78 is 94.4. The van der Waals surface area contributed by atoms with E-state index in [9.17, 15) is 0 Å². The van der Waals surface area contributed by atoms with Crippen LogP contribution in [0.5, 0.6) is 86.2 Å². The van der Waals surface area contributed by atoms with Crippen LogP contribution < -0.4 is 71.1 Å². The van der Waals surface area contributed by atoms with Gasteiger partial charge in [0.15, 0.2) is 46.0 Å². The highest BCUT2D eigenvalue weighted by Gasteiger charge is 2.42. The van der Waals surface area contributed by atoms with Crippen molar-refractivity contribution in [3.05, 3.63) is 132 Å². The Kier molecular flexibility index (Phi) is 20.4. The maximum absolute atomic E-state index is 7.71. The number of halogens is 6. The Bertz CT molecular complexity index is 3760. The summed E-state index contributed by atoms with van der Waals surface area (Å²) in [5, 5.41) is 0.745. The maximum Gasteiger partial charge on any atom is 0.203 e. The molecule has 448 valence electrons. The maximum atomic E-state index is 7.71. The van der Waals surface area contributed by atoms with Crippen molar-refractivity contribution in [2.24, 2.45) is 0 Å². The highest BCUT2D eigenvalue weighted by Crippen LogP contribution is 2.66. The van der Waals surface area contributed by atoms with Gasteiger partial charge in [0, 0.05) is 77.6 Å². The van der Waals surface area contributed by atoms with E-state index >= 15 is 0 Å². The van der Waals surface area contributed by atoms with Crippen molar-refractivity contribution in [3.63, 3.8) is 0 Å². The molecule has 0 aliphatic carbocycles. The van der Waals surface area contributed by atoms with E-state index < -0.39 is 5.92 Å². The molecule has 85 heavy (non-hydrogen) atoms. The third-order valence-corrected chi connectivity index (χ3v) is 16.2. The second kappa shape index (κ2) is 27.3. The predicted octanol–water partition coefficient (Wildman–Crippen LogP) is 17.3. The molecule has 8 rings (SSSR count). The van der Waals surface area contributed by atoms with Gasteiger partial charge in [0.1, 0.15) is 28.7 Å². The van der Waals surface area contributed by atoms with Crippen molar-refractivity contribution in [2.45, 2.75) is 5.92 Å². The Morgan fingerprint density at radius 2 is 0.729 bits per heavy atom. The van der Waals surface area contributed by atoms with Crippen LogP contribution >= 0.6 is 69.6 Å². The molecule has 0 spiro atoms. The SMILES string of the molecule is COc1cc(OC)c(-c2c(-c3cc(OC)c(OC)cc3OC)c(-c3c(OC)ccc(OC)c3OC)c(-c3ccc(OC)c(OC)c3OC)c(C(c3cc(Cl)cc(Cl)c3Cl)c3c(Cl)cc(Cl)cc3Cl)c2-c2cc(OC)c(OC)c(OC)c2)c(OC)c1. The molecule has 0 heterocycles. The van der Waals surface area contributed by atoms with Crippen molar-refractivity contribution in [1.82, 2.24) is 0 Å². The highest BCUT2D eigenvalue weighted by molar-refractivity contribution is 6.44. The quantitative estimate of drug-likeness (QED) is 0.0443. The minimum absolute atomic E-state index is 0.0594. The predicted molar refractivity (Wildman–Crippen MR) is 336 cm³/mol. The second-order valence-electron chi connectivity index (χ2n) is 18.3. The zero-order valence-electron chi connectivity index (χ0n) is 49.1. The van der Waals surface area contributed by atoms with Gasteiger partial charge in [-0.1, -0.05) is 69.6 Å². The van der Waals surface area contributed by atoms with Gasteiger partial charge in [0.25, 0.3) is 0 Å². The van der Waals surface area contributed by atoms with Gasteiger partial charge < -0.3 is 71.1 Å².